The van der Waals surface area contributed by atoms with E-state index in [0.29, 0.717) is 10.8 Å². The van der Waals surface area contributed by atoms with Gasteiger partial charge in [-0.1, -0.05) is 40.2 Å². The molecule has 3 heterocycles. The Labute approximate surface area is 193 Å². The average molecular weight is 493 g/mol. The van der Waals surface area contributed by atoms with Crippen molar-refractivity contribution in [1.29, 1.82) is 0 Å². The normalized spacial score (nSPS) is 18.3. The van der Waals surface area contributed by atoms with Crippen LogP contribution in [0, 0.1) is 5.82 Å². The summed E-state index contributed by atoms with van der Waals surface area (Å²) in [6, 6.07) is 24.1. The first kappa shape index (κ1) is 19.9. The van der Waals surface area contributed by atoms with Gasteiger partial charge in [-0.05, 0) is 66.8 Å². The fourth-order valence-corrected chi connectivity index (χ4v) is 4.78. The number of hydrogen-bond donors (Lipinski definition) is 1. The third kappa shape index (κ3) is 3.64. The van der Waals surface area contributed by atoms with E-state index >= 15 is 0 Å². The molecule has 4 nitrogen and oxygen atoms in total. The van der Waals surface area contributed by atoms with Gasteiger partial charge in [-0.3, -0.25) is 4.98 Å². The van der Waals surface area contributed by atoms with Crippen LogP contribution in [0.2, 0.25) is 0 Å². The Morgan fingerprint density at radius 3 is 2.58 bits per heavy atom. The Hall–Kier alpha value is -3.03. The van der Waals surface area contributed by atoms with Crippen molar-refractivity contribution < 1.29 is 4.39 Å². The minimum atomic E-state index is -0.320. The Kier molecular flexibility index (Phi) is 5.29. The number of nitrogens with one attached hydrogen (secondary N) is 1. The number of anilines is 1. The number of pyridine rings is 1. The van der Waals surface area contributed by atoms with Crippen molar-refractivity contribution in [2.45, 2.75) is 12.1 Å². The second kappa shape index (κ2) is 8.24. The van der Waals surface area contributed by atoms with Crippen molar-refractivity contribution in [3.63, 3.8) is 0 Å². The average Bonchev–Trinajstić information content (AvgIpc) is 3.39. The van der Waals surface area contributed by atoms with Crippen molar-refractivity contribution in [3.8, 4) is 5.69 Å². The maximum atomic E-state index is 14.9. The summed E-state index contributed by atoms with van der Waals surface area (Å²) in [6.45, 7) is 0. The number of para-hydroxylation sites is 1. The van der Waals surface area contributed by atoms with Crippen LogP contribution in [0.25, 0.3) is 5.69 Å². The number of hydrogen-bond acceptors (Lipinski definition) is 2. The van der Waals surface area contributed by atoms with E-state index in [0.717, 1.165) is 21.5 Å². The first-order valence-electron chi connectivity index (χ1n) is 9.82. The zero-order valence-electron chi connectivity index (χ0n) is 16.3. The highest BCUT2D eigenvalue weighted by Gasteiger charge is 2.42. The first-order valence-corrected chi connectivity index (χ1v) is 11.0. The molecule has 0 amide bonds. The van der Waals surface area contributed by atoms with Crippen LogP contribution >= 0.6 is 28.1 Å². The fourth-order valence-electron chi connectivity index (χ4n) is 4.06. The lowest BCUT2D eigenvalue weighted by molar-refractivity contribution is 0.542. The highest BCUT2D eigenvalue weighted by Crippen LogP contribution is 2.42. The molecular weight excluding hydrogens is 475 g/mol. The highest BCUT2D eigenvalue weighted by atomic mass is 79.9. The quantitative estimate of drug-likeness (QED) is 0.356. The smallest absolute Gasteiger partial charge is 0.174 e. The molecule has 0 unspecified atom stereocenters. The SMILES string of the molecule is Fc1ccccc1N1C(=S)N[C@@H](c2ccccn2)[C@H]1c1cccn1-c1cccc(Br)c1. The third-order valence-corrected chi connectivity index (χ3v) is 6.19. The third-order valence-electron chi connectivity index (χ3n) is 5.38. The van der Waals surface area contributed by atoms with Crippen LogP contribution in [0.5, 0.6) is 0 Å². The fraction of sp³-hybridized carbons (Fsp3) is 0.0833. The van der Waals surface area contributed by atoms with Crippen molar-refractivity contribution in [3.05, 3.63) is 113 Å². The van der Waals surface area contributed by atoms with E-state index in [1.807, 2.05) is 71.8 Å². The molecular formula is C24H18BrFN4S. The minimum Gasteiger partial charge on any atom is -0.351 e. The monoisotopic (exact) mass is 492 g/mol. The standard InChI is InChI=1S/C24H18BrFN4S/c25-16-7-5-8-17(15-16)29-14-6-12-21(29)23-22(19-10-3-4-13-27-19)28-24(31)30(23)20-11-2-1-9-18(20)26/h1-15,22-23H,(H,28,31)/t22-,23+/m0/s1. The number of benzene rings is 2. The van der Waals surface area contributed by atoms with Crippen LogP contribution < -0.4 is 10.2 Å². The summed E-state index contributed by atoms with van der Waals surface area (Å²) in [7, 11) is 0. The maximum absolute atomic E-state index is 14.9. The molecule has 1 aliphatic rings. The Balaban J connectivity index is 1.69. The molecule has 5 rings (SSSR count). The summed E-state index contributed by atoms with van der Waals surface area (Å²) in [5.74, 6) is -0.320. The molecule has 7 heteroatoms. The number of nitrogens with zero attached hydrogens (tertiary/aromatic N) is 3. The van der Waals surface area contributed by atoms with E-state index in [1.54, 1.807) is 18.3 Å². The van der Waals surface area contributed by atoms with Gasteiger partial charge in [0, 0.05) is 28.2 Å². The van der Waals surface area contributed by atoms with Gasteiger partial charge in [0.15, 0.2) is 5.11 Å². The van der Waals surface area contributed by atoms with Crippen LogP contribution in [0.15, 0.2) is 95.7 Å². The molecule has 1 aliphatic heterocycles. The van der Waals surface area contributed by atoms with Crippen LogP contribution in [0.4, 0.5) is 10.1 Å². The first-order chi connectivity index (χ1) is 15.1. The van der Waals surface area contributed by atoms with Gasteiger partial charge in [0.05, 0.1) is 17.4 Å². The lowest BCUT2D eigenvalue weighted by atomic mass is 10.0. The number of thiocarbonyl (C=S) groups is 1. The Bertz CT molecular complexity index is 1240. The van der Waals surface area contributed by atoms with Gasteiger partial charge < -0.3 is 14.8 Å². The summed E-state index contributed by atoms with van der Waals surface area (Å²) >= 11 is 9.25. The molecule has 0 aliphatic carbocycles. The molecule has 0 spiro atoms. The maximum Gasteiger partial charge on any atom is 0.174 e. The van der Waals surface area contributed by atoms with E-state index in [2.05, 4.69) is 30.8 Å². The van der Waals surface area contributed by atoms with E-state index in [1.165, 1.54) is 6.07 Å². The van der Waals surface area contributed by atoms with E-state index < -0.39 is 0 Å². The summed E-state index contributed by atoms with van der Waals surface area (Å²) in [5, 5.41) is 3.85. The highest BCUT2D eigenvalue weighted by molar-refractivity contribution is 9.10. The van der Waals surface area contributed by atoms with Crippen molar-refractivity contribution in [1.82, 2.24) is 14.9 Å². The molecule has 1 saturated heterocycles. The lowest BCUT2D eigenvalue weighted by Crippen LogP contribution is -2.31. The van der Waals surface area contributed by atoms with E-state index in [4.69, 9.17) is 12.2 Å². The van der Waals surface area contributed by atoms with E-state index in [-0.39, 0.29) is 17.9 Å². The van der Waals surface area contributed by atoms with Gasteiger partial charge in [0.2, 0.25) is 0 Å². The van der Waals surface area contributed by atoms with Gasteiger partial charge in [-0.25, -0.2) is 4.39 Å². The zero-order chi connectivity index (χ0) is 21.4. The predicted octanol–water partition coefficient (Wildman–Crippen LogP) is 5.95. The molecule has 0 bridgehead atoms. The molecule has 2 aromatic carbocycles. The van der Waals surface area contributed by atoms with Crippen molar-refractivity contribution in [2.24, 2.45) is 0 Å². The second-order valence-corrected chi connectivity index (χ2v) is 8.53. The number of halogens is 2. The predicted molar refractivity (Wildman–Crippen MR) is 128 cm³/mol. The molecule has 0 radical (unpaired) electrons. The molecule has 2 aromatic heterocycles. The zero-order valence-corrected chi connectivity index (χ0v) is 18.7. The van der Waals surface area contributed by atoms with Crippen molar-refractivity contribution in [2.75, 3.05) is 4.90 Å². The number of rotatable bonds is 4. The van der Waals surface area contributed by atoms with Crippen LogP contribution in [0.1, 0.15) is 23.5 Å². The summed E-state index contributed by atoms with van der Waals surface area (Å²) in [4.78, 5) is 6.42. The van der Waals surface area contributed by atoms with E-state index in [9.17, 15) is 4.39 Å². The van der Waals surface area contributed by atoms with Crippen LogP contribution in [-0.2, 0) is 0 Å². The largest absolute Gasteiger partial charge is 0.351 e. The van der Waals surface area contributed by atoms with Crippen LogP contribution in [0.3, 0.4) is 0 Å². The molecule has 1 N–H and O–H groups in total. The Morgan fingerprint density at radius 1 is 0.968 bits per heavy atom. The second-order valence-electron chi connectivity index (χ2n) is 7.23. The molecule has 2 atom stereocenters. The van der Waals surface area contributed by atoms with Crippen molar-refractivity contribution >= 4 is 38.9 Å². The van der Waals surface area contributed by atoms with Crippen LogP contribution in [-0.4, -0.2) is 14.7 Å². The van der Waals surface area contributed by atoms with Gasteiger partial charge in [0.1, 0.15) is 11.9 Å². The molecule has 1 fully saturated rings. The number of aromatic nitrogens is 2. The minimum absolute atomic E-state index is 0.242. The summed E-state index contributed by atoms with van der Waals surface area (Å²) in [6.07, 6.45) is 3.77. The lowest BCUT2D eigenvalue weighted by Gasteiger charge is -2.29. The molecule has 4 aromatic rings. The molecule has 0 saturated carbocycles. The topological polar surface area (TPSA) is 33.1 Å². The summed E-state index contributed by atoms with van der Waals surface area (Å²) < 4.78 is 18.0. The van der Waals surface area contributed by atoms with Gasteiger partial charge in [0.25, 0.3) is 0 Å². The Morgan fingerprint density at radius 2 is 1.81 bits per heavy atom. The van der Waals surface area contributed by atoms with Gasteiger partial charge in [-0.15, -0.1) is 0 Å². The van der Waals surface area contributed by atoms with Gasteiger partial charge in [-0.2, -0.15) is 0 Å². The summed E-state index contributed by atoms with van der Waals surface area (Å²) in [5.41, 5.74) is 3.26. The van der Waals surface area contributed by atoms with Gasteiger partial charge >= 0.3 is 0 Å². The molecule has 154 valence electrons. The molecule has 31 heavy (non-hydrogen) atoms.